The van der Waals surface area contributed by atoms with Crippen molar-refractivity contribution in [3.05, 3.63) is 105 Å². The Morgan fingerprint density at radius 3 is 2.39 bits per heavy atom. The van der Waals surface area contributed by atoms with Crippen molar-refractivity contribution in [2.45, 2.75) is 19.1 Å². The van der Waals surface area contributed by atoms with Gasteiger partial charge in [0, 0.05) is 18.7 Å². The number of hydrogen-bond acceptors (Lipinski definition) is 4. The maximum absolute atomic E-state index is 13.0. The highest BCUT2D eigenvalue weighted by Crippen LogP contribution is 2.31. The monoisotopic (exact) mass is 496 g/mol. The van der Waals surface area contributed by atoms with Gasteiger partial charge in [0.15, 0.2) is 0 Å². The molecule has 0 atom stereocenters. The van der Waals surface area contributed by atoms with Gasteiger partial charge in [0.25, 0.3) is 11.5 Å². The molecule has 3 N–H and O–H groups in total. The molecule has 184 valence electrons. The molecule has 0 aliphatic rings. The molecule has 0 saturated carbocycles. The summed E-state index contributed by atoms with van der Waals surface area (Å²) in [6.45, 7) is -0.0411. The molecule has 0 spiro atoms. The van der Waals surface area contributed by atoms with Crippen LogP contribution in [-0.2, 0) is 17.5 Å². The van der Waals surface area contributed by atoms with E-state index < -0.39 is 34.8 Å². The number of carbonyl (C=O) groups excluding carboxylic acids is 2. The molecule has 36 heavy (non-hydrogen) atoms. The van der Waals surface area contributed by atoms with Gasteiger partial charge in [-0.2, -0.15) is 13.2 Å². The normalized spacial score (nSPS) is 11.3. The number of halogens is 3. The van der Waals surface area contributed by atoms with Crippen LogP contribution in [0.15, 0.2) is 82.4 Å². The molecule has 4 rings (SSSR count). The fourth-order valence-electron chi connectivity index (χ4n) is 3.65. The van der Waals surface area contributed by atoms with E-state index in [2.05, 4.69) is 15.6 Å². The van der Waals surface area contributed by atoms with Crippen molar-refractivity contribution >= 4 is 34.1 Å². The zero-order valence-corrected chi connectivity index (χ0v) is 18.6. The number of nitrogens with one attached hydrogen (secondary N) is 3. The Kier molecular flexibility index (Phi) is 6.73. The fourth-order valence-corrected chi connectivity index (χ4v) is 3.65. The van der Waals surface area contributed by atoms with Crippen molar-refractivity contribution in [1.29, 1.82) is 0 Å². The van der Waals surface area contributed by atoms with Gasteiger partial charge in [-0.1, -0.05) is 30.3 Å². The van der Waals surface area contributed by atoms with E-state index in [0.717, 1.165) is 12.1 Å². The van der Waals surface area contributed by atoms with Gasteiger partial charge in [-0.3, -0.25) is 23.9 Å². The van der Waals surface area contributed by atoms with Crippen LogP contribution in [0.2, 0.25) is 0 Å². The third-order valence-electron chi connectivity index (χ3n) is 5.36. The molecule has 0 radical (unpaired) electrons. The van der Waals surface area contributed by atoms with Gasteiger partial charge < -0.3 is 10.6 Å². The second kappa shape index (κ2) is 9.90. The molecule has 0 bridgehead atoms. The zero-order valence-electron chi connectivity index (χ0n) is 18.6. The van der Waals surface area contributed by atoms with Gasteiger partial charge in [0.1, 0.15) is 0 Å². The summed E-state index contributed by atoms with van der Waals surface area (Å²) in [6.07, 6.45) is -4.72. The van der Waals surface area contributed by atoms with E-state index in [9.17, 15) is 32.3 Å². The van der Waals surface area contributed by atoms with Crippen LogP contribution in [0.25, 0.3) is 10.9 Å². The summed E-state index contributed by atoms with van der Waals surface area (Å²) in [6, 6.07) is 16.7. The predicted molar refractivity (Wildman–Crippen MR) is 128 cm³/mol. The average molecular weight is 496 g/mol. The number of amides is 2. The Morgan fingerprint density at radius 1 is 0.889 bits per heavy atom. The zero-order chi connectivity index (χ0) is 25.9. The van der Waals surface area contributed by atoms with Crippen molar-refractivity contribution < 1.29 is 22.8 Å². The van der Waals surface area contributed by atoms with Crippen LogP contribution in [0.3, 0.4) is 0 Å². The lowest BCUT2D eigenvalue weighted by Gasteiger charge is -2.13. The SMILES string of the molecule is O=C(CCn1c(=O)[nH]c(=O)c2ccccc21)Nc1ccccc1C(=O)Nc1cccc(C(F)(F)F)c1. The number of alkyl halides is 3. The van der Waals surface area contributed by atoms with E-state index in [1.807, 2.05) is 0 Å². The van der Waals surface area contributed by atoms with Crippen molar-refractivity contribution in [3.8, 4) is 0 Å². The number of benzene rings is 3. The van der Waals surface area contributed by atoms with E-state index in [0.29, 0.717) is 10.9 Å². The van der Waals surface area contributed by atoms with Crippen molar-refractivity contribution in [2.24, 2.45) is 0 Å². The third kappa shape index (κ3) is 5.35. The van der Waals surface area contributed by atoms with Gasteiger partial charge in [-0.05, 0) is 42.5 Å². The maximum Gasteiger partial charge on any atom is 0.416 e. The van der Waals surface area contributed by atoms with E-state index in [4.69, 9.17) is 0 Å². The molecule has 0 aliphatic heterocycles. The Labute approximate surface area is 201 Å². The minimum atomic E-state index is -4.56. The molecule has 1 heterocycles. The van der Waals surface area contributed by atoms with E-state index in [-0.39, 0.29) is 29.9 Å². The van der Waals surface area contributed by atoms with Gasteiger partial charge in [-0.15, -0.1) is 0 Å². The first kappa shape index (κ1) is 24.5. The van der Waals surface area contributed by atoms with Gasteiger partial charge in [0.2, 0.25) is 5.91 Å². The van der Waals surface area contributed by atoms with Crippen LogP contribution >= 0.6 is 0 Å². The molecule has 0 saturated heterocycles. The highest BCUT2D eigenvalue weighted by molar-refractivity contribution is 6.10. The number of hydrogen-bond donors (Lipinski definition) is 3. The topological polar surface area (TPSA) is 113 Å². The molecule has 0 fully saturated rings. The first-order valence-corrected chi connectivity index (χ1v) is 10.7. The van der Waals surface area contributed by atoms with Crippen LogP contribution in [0, 0.1) is 0 Å². The molecule has 11 heteroatoms. The molecular weight excluding hydrogens is 477 g/mol. The highest BCUT2D eigenvalue weighted by Gasteiger charge is 2.30. The number of para-hydroxylation sites is 2. The van der Waals surface area contributed by atoms with Crippen LogP contribution in [0.4, 0.5) is 24.5 Å². The summed E-state index contributed by atoms with van der Waals surface area (Å²) in [4.78, 5) is 51.9. The number of aryl methyl sites for hydroxylation is 1. The summed E-state index contributed by atoms with van der Waals surface area (Å²) in [7, 11) is 0. The number of H-pyrrole nitrogens is 1. The molecule has 3 aromatic carbocycles. The minimum Gasteiger partial charge on any atom is -0.325 e. The predicted octanol–water partition coefficient (Wildman–Crippen LogP) is 3.99. The first-order valence-electron chi connectivity index (χ1n) is 10.7. The number of aromatic amines is 1. The van der Waals surface area contributed by atoms with E-state index in [1.165, 1.54) is 28.8 Å². The lowest BCUT2D eigenvalue weighted by atomic mass is 10.1. The van der Waals surface area contributed by atoms with Crippen LogP contribution in [0.5, 0.6) is 0 Å². The first-order chi connectivity index (χ1) is 17.1. The van der Waals surface area contributed by atoms with Crippen molar-refractivity contribution in [3.63, 3.8) is 0 Å². The number of fused-ring (bicyclic) bond motifs is 1. The van der Waals surface area contributed by atoms with Crippen molar-refractivity contribution in [2.75, 3.05) is 10.6 Å². The van der Waals surface area contributed by atoms with E-state index in [1.54, 1.807) is 36.4 Å². The number of anilines is 2. The van der Waals surface area contributed by atoms with Crippen molar-refractivity contribution in [1.82, 2.24) is 9.55 Å². The Morgan fingerprint density at radius 2 is 1.61 bits per heavy atom. The molecule has 4 aromatic rings. The minimum absolute atomic E-state index is 0.0370. The molecule has 0 unspecified atom stereocenters. The van der Waals surface area contributed by atoms with Crippen LogP contribution < -0.4 is 21.9 Å². The summed E-state index contributed by atoms with van der Waals surface area (Å²) in [5.74, 6) is -1.23. The smallest absolute Gasteiger partial charge is 0.325 e. The van der Waals surface area contributed by atoms with Crippen LogP contribution in [0.1, 0.15) is 22.3 Å². The standard InChI is InChI=1S/C25H19F3N4O4/c26-25(27,28)15-6-5-7-16(14-15)29-22(34)17-8-1-3-10-19(17)30-21(33)12-13-32-20-11-4-2-9-18(20)23(35)31-24(32)36/h1-11,14H,12-13H2,(H,29,34)(H,30,33)(H,31,35,36). The molecular formula is C25H19F3N4O4. The summed E-state index contributed by atoms with van der Waals surface area (Å²) >= 11 is 0. The Bertz CT molecular complexity index is 1570. The fraction of sp³-hybridized carbons (Fsp3) is 0.120. The Hall–Kier alpha value is -4.67. The average Bonchev–Trinajstić information content (AvgIpc) is 2.84. The summed E-state index contributed by atoms with van der Waals surface area (Å²) < 4.78 is 40.2. The van der Waals surface area contributed by atoms with Crippen LogP contribution in [-0.4, -0.2) is 21.4 Å². The van der Waals surface area contributed by atoms with Gasteiger partial charge >= 0.3 is 11.9 Å². The van der Waals surface area contributed by atoms with Gasteiger partial charge in [0.05, 0.1) is 27.7 Å². The largest absolute Gasteiger partial charge is 0.416 e. The molecule has 2 amide bonds. The van der Waals surface area contributed by atoms with Gasteiger partial charge in [-0.25, -0.2) is 4.79 Å². The summed E-state index contributed by atoms with van der Waals surface area (Å²) in [5.41, 5.74) is -1.60. The molecule has 1 aromatic heterocycles. The number of aromatic nitrogens is 2. The Balaban J connectivity index is 1.49. The quantitative estimate of drug-likeness (QED) is 0.375. The third-order valence-corrected chi connectivity index (χ3v) is 5.36. The highest BCUT2D eigenvalue weighted by atomic mass is 19.4. The molecule has 8 nitrogen and oxygen atoms in total. The lowest BCUT2D eigenvalue weighted by molar-refractivity contribution is -0.137. The molecule has 0 aliphatic carbocycles. The number of rotatable bonds is 6. The number of nitrogens with zero attached hydrogens (tertiary/aromatic N) is 1. The van der Waals surface area contributed by atoms with E-state index >= 15 is 0 Å². The second-order valence-corrected chi connectivity index (χ2v) is 7.80. The lowest BCUT2D eigenvalue weighted by Crippen LogP contribution is -2.31. The number of carbonyl (C=O) groups is 2. The maximum atomic E-state index is 13.0. The second-order valence-electron chi connectivity index (χ2n) is 7.80. The summed E-state index contributed by atoms with van der Waals surface area (Å²) in [5, 5.41) is 5.30.